The molecule has 2 aromatic carbocycles. The van der Waals surface area contributed by atoms with Crippen molar-refractivity contribution in [1.82, 2.24) is 0 Å². The summed E-state index contributed by atoms with van der Waals surface area (Å²) >= 11 is -2.59. The van der Waals surface area contributed by atoms with Gasteiger partial charge < -0.3 is 13.6 Å². The summed E-state index contributed by atoms with van der Waals surface area (Å²) in [5.74, 6) is 0.336. The zero-order valence-electron chi connectivity index (χ0n) is 21.1. The van der Waals surface area contributed by atoms with Crippen LogP contribution in [-0.4, -0.2) is 32.1 Å². The van der Waals surface area contributed by atoms with Crippen LogP contribution in [0.15, 0.2) is 60.3 Å². The lowest BCUT2D eigenvalue weighted by Crippen LogP contribution is -2.28. The van der Waals surface area contributed by atoms with E-state index >= 15 is 0 Å². The highest BCUT2D eigenvalue weighted by Crippen LogP contribution is 2.48. The van der Waals surface area contributed by atoms with Crippen molar-refractivity contribution in [2.75, 3.05) is 18.0 Å². The second kappa shape index (κ2) is 8.82. The molecule has 0 saturated heterocycles. The van der Waals surface area contributed by atoms with Crippen molar-refractivity contribution in [3.05, 3.63) is 77.0 Å². The molecule has 0 saturated carbocycles. The van der Waals surface area contributed by atoms with Gasteiger partial charge in [0, 0.05) is 41.1 Å². The summed E-state index contributed by atoms with van der Waals surface area (Å²) in [6.07, 6.45) is 6.60. The minimum absolute atomic E-state index is 0.0782. The number of likely N-dealkylation sites (N-methyl/N-ethyl adjacent to an activating group) is 1. The lowest BCUT2D eigenvalue weighted by Gasteiger charge is -2.25. The van der Waals surface area contributed by atoms with Gasteiger partial charge in [-0.15, -0.1) is 0 Å². The maximum absolute atomic E-state index is 11.0. The molecular formula is C28H34N2O3S. The number of aryl methyl sites for hydroxylation is 1. The number of rotatable bonds is 6. The Morgan fingerprint density at radius 3 is 2.44 bits per heavy atom. The molecule has 0 radical (unpaired) electrons. The third kappa shape index (κ3) is 3.93. The van der Waals surface area contributed by atoms with E-state index in [1.807, 2.05) is 12.1 Å². The van der Waals surface area contributed by atoms with E-state index in [4.69, 9.17) is 4.18 Å². The summed E-state index contributed by atoms with van der Waals surface area (Å²) in [4.78, 5) is 2.41. The number of nitrogens with zero attached hydrogens (tertiary/aromatic N) is 2. The molecule has 0 N–H and O–H groups in total. The van der Waals surface area contributed by atoms with Crippen molar-refractivity contribution >= 4 is 28.4 Å². The second-order valence-electron chi connectivity index (χ2n) is 10.0. The van der Waals surface area contributed by atoms with Crippen LogP contribution in [0.5, 0.6) is 5.75 Å². The molecule has 4 rings (SSSR count). The average Bonchev–Trinajstić information content (AvgIpc) is 3.11. The number of fused-ring (bicyclic) bond motifs is 2. The van der Waals surface area contributed by atoms with E-state index in [9.17, 15) is 8.76 Å². The number of anilines is 1. The number of benzene rings is 2. The van der Waals surface area contributed by atoms with Crippen LogP contribution in [0.25, 0.3) is 0 Å². The van der Waals surface area contributed by atoms with Gasteiger partial charge in [0.05, 0.1) is 5.41 Å². The Hall–Kier alpha value is -2.70. The number of hydrogen-bond acceptors (Lipinski definition) is 4. The Morgan fingerprint density at radius 1 is 1.06 bits per heavy atom. The Kier molecular flexibility index (Phi) is 6.34. The van der Waals surface area contributed by atoms with Gasteiger partial charge in [-0.25, -0.2) is 4.21 Å². The van der Waals surface area contributed by atoms with E-state index in [1.165, 1.54) is 28.2 Å². The summed E-state index contributed by atoms with van der Waals surface area (Å²) in [5.41, 5.74) is 8.18. The van der Waals surface area contributed by atoms with Gasteiger partial charge in [0.25, 0.3) is 0 Å². The first-order valence-corrected chi connectivity index (χ1v) is 12.9. The maximum Gasteiger partial charge on any atom is 0.210 e. The molecule has 0 aliphatic carbocycles. The Labute approximate surface area is 206 Å². The van der Waals surface area contributed by atoms with E-state index in [1.54, 1.807) is 6.07 Å². The predicted molar refractivity (Wildman–Crippen MR) is 139 cm³/mol. The molecule has 2 heterocycles. The molecule has 5 nitrogen and oxygen atoms in total. The van der Waals surface area contributed by atoms with Gasteiger partial charge in [0.2, 0.25) is 5.69 Å². The fourth-order valence-electron chi connectivity index (χ4n) is 5.49. The third-order valence-corrected chi connectivity index (χ3v) is 7.54. The van der Waals surface area contributed by atoms with E-state index in [2.05, 4.69) is 94.4 Å². The van der Waals surface area contributed by atoms with Crippen LogP contribution in [0.4, 0.5) is 11.4 Å². The van der Waals surface area contributed by atoms with Crippen LogP contribution in [0.3, 0.4) is 0 Å². The second-order valence-corrected chi connectivity index (χ2v) is 10.6. The van der Waals surface area contributed by atoms with E-state index in [0.29, 0.717) is 5.75 Å². The molecule has 34 heavy (non-hydrogen) atoms. The predicted octanol–water partition coefficient (Wildman–Crippen LogP) is 5.82. The summed E-state index contributed by atoms with van der Waals surface area (Å²) in [5, 5.41) is 0. The first-order chi connectivity index (χ1) is 16.0. The van der Waals surface area contributed by atoms with Gasteiger partial charge in [-0.2, -0.15) is 4.58 Å². The number of allylic oxidation sites excluding steroid dienone is 4. The molecule has 6 heteroatoms. The Bertz CT molecular complexity index is 1250. The van der Waals surface area contributed by atoms with Crippen molar-refractivity contribution in [2.45, 2.75) is 59.3 Å². The van der Waals surface area contributed by atoms with Crippen LogP contribution < -0.4 is 9.08 Å². The van der Waals surface area contributed by atoms with Gasteiger partial charge in [-0.05, 0) is 64.5 Å². The summed E-state index contributed by atoms with van der Waals surface area (Å²) in [7, 11) is 0. The zero-order chi connectivity index (χ0) is 24.8. The molecule has 180 valence electrons. The summed E-state index contributed by atoms with van der Waals surface area (Å²) in [6, 6.07) is 12.2. The van der Waals surface area contributed by atoms with Gasteiger partial charge in [0.15, 0.2) is 5.71 Å². The van der Waals surface area contributed by atoms with Crippen LogP contribution in [0.2, 0.25) is 0 Å². The molecular weight excluding hydrogens is 444 g/mol. The standard InChI is InChI=1S/C28H34N2O3S/c1-8-29-23-15-13-19(3)17-21(23)27(4,5)25(29)11-10-12-26-28(6,7)22-18-20(33-34(31)32)14-16-24(22)30(26)9-2/h10-18H,8-9H2,1-7H3. The SMILES string of the molecule is CCN1C(=CC=CC2=[N+](CC)c3ccc(OS(=O)[O-])cc3C2(C)C)C(C)(C)c2cc(C)ccc21. The minimum atomic E-state index is -2.59. The minimum Gasteiger partial charge on any atom is -0.740 e. The fourth-order valence-corrected chi connectivity index (χ4v) is 5.75. The van der Waals surface area contributed by atoms with Crippen molar-refractivity contribution in [3.63, 3.8) is 0 Å². The fraction of sp³-hybridized carbons (Fsp3) is 0.393. The third-order valence-electron chi connectivity index (χ3n) is 7.22. The topological polar surface area (TPSA) is 55.6 Å². The van der Waals surface area contributed by atoms with Crippen LogP contribution in [0, 0.1) is 6.92 Å². The zero-order valence-corrected chi connectivity index (χ0v) is 22.0. The van der Waals surface area contributed by atoms with Crippen molar-refractivity contribution in [2.24, 2.45) is 0 Å². The van der Waals surface area contributed by atoms with Gasteiger partial charge >= 0.3 is 0 Å². The summed E-state index contributed by atoms with van der Waals surface area (Å²) < 4.78 is 29.3. The molecule has 0 bridgehead atoms. The van der Waals surface area contributed by atoms with Gasteiger partial charge in [-0.1, -0.05) is 37.6 Å². The highest BCUT2D eigenvalue weighted by molar-refractivity contribution is 7.74. The van der Waals surface area contributed by atoms with Gasteiger partial charge in [-0.3, -0.25) is 0 Å². The average molecular weight is 479 g/mol. The monoisotopic (exact) mass is 478 g/mol. The van der Waals surface area contributed by atoms with Crippen molar-refractivity contribution in [3.8, 4) is 5.75 Å². The normalized spacial score (nSPS) is 20.2. The summed E-state index contributed by atoms with van der Waals surface area (Å²) in [6.45, 7) is 17.1. The molecule has 2 aliphatic rings. The largest absolute Gasteiger partial charge is 0.740 e. The maximum atomic E-state index is 11.0. The molecule has 2 aromatic rings. The molecule has 0 aromatic heterocycles. The van der Waals surface area contributed by atoms with Crippen LogP contribution in [0.1, 0.15) is 58.2 Å². The molecule has 1 unspecified atom stereocenters. The van der Waals surface area contributed by atoms with Crippen molar-refractivity contribution in [1.29, 1.82) is 0 Å². The Morgan fingerprint density at radius 2 is 1.79 bits per heavy atom. The molecule has 2 aliphatic heterocycles. The van der Waals surface area contributed by atoms with E-state index in [0.717, 1.165) is 24.3 Å². The molecule has 0 fully saturated rings. The van der Waals surface area contributed by atoms with Gasteiger partial charge in [0.1, 0.15) is 23.7 Å². The van der Waals surface area contributed by atoms with E-state index in [-0.39, 0.29) is 10.8 Å². The Balaban J connectivity index is 1.72. The van der Waals surface area contributed by atoms with Crippen LogP contribution in [-0.2, 0) is 22.2 Å². The first-order valence-electron chi connectivity index (χ1n) is 11.9. The number of hydrogen-bond donors (Lipinski definition) is 0. The smallest absolute Gasteiger partial charge is 0.210 e. The molecule has 0 spiro atoms. The molecule has 1 atom stereocenters. The highest BCUT2D eigenvalue weighted by atomic mass is 32.2. The van der Waals surface area contributed by atoms with Crippen molar-refractivity contribution < 1.29 is 17.5 Å². The first kappa shape index (κ1) is 24.4. The highest BCUT2D eigenvalue weighted by Gasteiger charge is 2.44. The van der Waals surface area contributed by atoms with Crippen LogP contribution >= 0.6 is 0 Å². The quantitative estimate of drug-likeness (QED) is 0.388. The molecule has 0 amide bonds. The lowest BCUT2D eigenvalue weighted by molar-refractivity contribution is -0.433. The van der Waals surface area contributed by atoms with E-state index < -0.39 is 11.4 Å². The lowest BCUT2D eigenvalue weighted by atomic mass is 9.81.